The number of hydrogen-bond acceptors (Lipinski definition) is 5. The van der Waals surface area contributed by atoms with Crippen molar-refractivity contribution in [3.63, 3.8) is 0 Å². The van der Waals surface area contributed by atoms with Crippen molar-refractivity contribution in [2.75, 3.05) is 11.4 Å². The van der Waals surface area contributed by atoms with Gasteiger partial charge in [0.15, 0.2) is 10.6 Å². The van der Waals surface area contributed by atoms with Gasteiger partial charge in [0.05, 0.1) is 16.1 Å². The number of nitrogens with zero attached hydrogens (tertiary/aromatic N) is 2. The molecule has 0 fully saturated rings. The lowest BCUT2D eigenvalue weighted by Gasteiger charge is -2.30. The van der Waals surface area contributed by atoms with Gasteiger partial charge in [-0.25, -0.2) is 0 Å². The third kappa shape index (κ3) is 7.21. The molecule has 204 valence electrons. The molecule has 2 amide bonds. The number of halogens is 4. The van der Waals surface area contributed by atoms with Crippen LogP contribution in [-0.2, 0) is 9.59 Å². The van der Waals surface area contributed by atoms with Gasteiger partial charge in [-0.3, -0.25) is 9.59 Å². The lowest BCUT2D eigenvalue weighted by Crippen LogP contribution is -2.50. The Morgan fingerprint density at radius 3 is 2.26 bits per heavy atom. The molecule has 0 spiro atoms. The summed E-state index contributed by atoms with van der Waals surface area (Å²) in [5.41, 5.74) is 8.24. The molecule has 0 saturated heterocycles. The maximum absolute atomic E-state index is 13.0. The third-order valence-corrected chi connectivity index (χ3v) is 7.34. The van der Waals surface area contributed by atoms with E-state index in [1.54, 1.807) is 42.5 Å². The molecule has 0 aliphatic carbocycles. The number of nitrogens with two attached hydrogens (primary N) is 1. The van der Waals surface area contributed by atoms with Gasteiger partial charge in [-0.2, -0.15) is 0 Å². The molecule has 0 aliphatic rings. The molecule has 0 radical (unpaired) electrons. The topological polar surface area (TPSA) is 101 Å². The Balaban J connectivity index is 1.87. The molecule has 0 bridgehead atoms. The van der Waals surface area contributed by atoms with Crippen molar-refractivity contribution in [3.05, 3.63) is 58.6 Å². The Labute approximate surface area is 242 Å². The summed E-state index contributed by atoms with van der Waals surface area (Å²) in [6.07, 6.45) is 0. The summed E-state index contributed by atoms with van der Waals surface area (Å²) >= 11 is 24.6. The number of carbonyl (C=O) groups excluding carboxylic acids is 2. The van der Waals surface area contributed by atoms with Gasteiger partial charge in [-0.15, -0.1) is 0 Å². The Hall–Kier alpha value is -2.29. The number of alkyl halides is 2. The zero-order chi connectivity index (χ0) is 28.1. The van der Waals surface area contributed by atoms with E-state index < -0.39 is 16.8 Å². The Morgan fingerprint density at radius 2 is 1.66 bits per heavy atom. The predicted octanol–water partition coefficient (Wildman–Crippen LogP) is 6.58. The second-order valence-electron chi connectivity index (χ2n) is 9.52. The SMILES string of the molecule is CC(NC(=O)[C@@H](N)C(C)C)[C@H](C)CN(C(=O)C(Cl)Cl)c1cccc(-c2cc(-c3c(Cl)cccc3Cl)no2)c1. The summed E-state index contributed by atoms with van der Waals surface area (Å²) in [7, 11) is 0. The van der Waals surface area contributed by atoms with Gasteiger partial charge in [0, 0.05) is 35.5 Å². The molecular formula is C27H30Cl4N4O3. The molecule has 11 heteroatoms. The summed E-state index contributed by atoms with van der Waals surface area (Å²) in [6.45, 7) is 7.79. The van der Waals surface area contributed by atoms with E-state index in [2.05, 4.69) is 10.5 Å². The maximum atomic E-state index is 13.0. The minimum Gasteiger partial charge on any atom is -0.356 e. The summed E-state index contributed by atoms with van der Waals surface area (Å²) in [5, 5.41) is 7.96. The molecule has 3 N–H and O–H groups in total. The first-order chi connectivity index (χ1) is 17.9. The summed E-state index contributed by atoms with van der Waals surface area (Å²) in [5.74, 6) is -0.438. The second kappa shape index (κ2) is 13.2. The summed E-state index contributed by atoms with van der Waals surface area (Å²) in [4.78, 5) is 25.7. The maximum Gasteiger partial charge on any atom is 0.260 e. The lowest BCUT2D eigenvalue weighted by atomic mass is 10.00. The number of amides is 2. The number of aromatic nitrogens is 1. The molecule has 0 saturated carbocycles. The van der Waals surface area contributed by atoms with E-state index in [0.29, 0.717) is 38.3 Å². The highest BCUT2D eigenvalue weighted by atomic mass is 35.5. The molecule has 3 atom stereocenters. The zero-order valence-electron chi connectivity index (χ0n) is 21.4. The first kappa shape index (κ1) is 30.3. The van der Waals surface area contributed by atoms with Crippen LogP contribution in [0, 0.1) is 11.8 Å². The van der Waals surface area contributed by atoms with Crippen LogP contribution in [0.2, 0.25) is 10.0 Å². The van der Waals surface area contributed by atoms with E-state index in [0.717, 1.165) is 0 Å². The smallest absolute Gasteiger partial charge is 0.260 e. The first-order valence-electron chi connectivity index (χ1n) is 12.1. The van der Waals surface area contributed by atoms with E-state index in [4.69, 9.17) is 56.7 Å². The summed E-state index contributed by atoms with van der Waals surface area (Å²) in [6, 6.07) is 13.2. The Bertz CT molecular complexity index is 1260. The molecule has 2 aromatic carbocycles. The van der Waals surface area contributed by atoms with Gasteiger partial charge in [0.2, 0.25) is 5.91 Å². The average molecular weight is 600 g/mol. The van der Waals surface area contributed by atoms with Crippen LogP contribution in [0.1, 0.15) is 27.7 Å². The Morgan fingerprint density at radius 1 is 1.03 bits per heavy atom. The molecule has 3 aromatic rings. The third-order valence-electron chi connectivity index (χ3n) is 6.34. The fourth-order valence-electron chi connectivity index (χ4n) is 3.75. The second-order valence-corrected chi connectivity index (χ2v) is 11.4. The van der Waals surface area contributed by atoms with E-state index in [1.165, 1.54) is 4.90 Å². The standard InChI is InChI=1S/C27H30Cl4N4O3/c1-14(2)24(32)26(36)33-16(4)15(3)13-35(27(37)25(30)31)18-8-5-7-17(11-18)22-12-21(34-38-22)23-19(28)9-6-10-20(23)29/h5-12,14-16,24-25H,13,32H2,1-4H3,(H,33,36)/t15-,16?,24+/m1/s1. The number of hydrogen-bond donors (Lipinski definition) is 2. The van der Waals surface area contributed by atoms with Crippen LogP contribution in [0.25, 0.3) is 22.6 Å². The fraction of sp³-hybridized carbons (Fsp3) is 0.370. The molecule has 1 aromatic heterocycles. The van der Waals surface area contributed by atoms with Crippen molar-refractivity contribution in [2.24, 2.45) is 17.6 Å². The van der Waals surface area contributed by atoms with Crippen molar-refractivity contribution >= 4 is 63.9 Å². The normalized spacial score (nSPS) is 13.9. The lowest BCUT2D eigenvalue weighted by molar-refractivity contribution is -0.124. The van der Waals surface area contributed by atoms with Crippen molar-refractivity contribution in [3.8, 4) is 22.6 Å². The fourth-order valence-corrected chi connectivity index (χ4v) is 4.58. The molecule has 7 nitrogen and oxygen atoms in total. The molecular weight excluding hydrogens is 570 g/mol. The first-order valence-corrected chi connectivity index (χ1v) is 13.7. The molecule has 0 aliphatic heterocycles. The molecule has 1 unspecified atom stereocenters. The quantitative estimate of drug-likeness (QED) is 0.256. The highest BCUT2D eigenvalue weighted by Crippen LogP contribution is 2.36. The number of anilines is 1. The summed E-state index contributed by atoms with van der Waals surface area (Å²) < 4.78 is 5.58. The van der Waals surface area contributed by atoms with Crippen molar-refractivity contribution < 1.29 is 14.1 Å². The van der Waals surface area contributed by atoms with Gasteiger partial charge < -0.3 is 20.5 Å². The largest absolute Gasteiger partial charge is 0.356 e. The van der Waals surface area contributed by atoms with Crippen LogP contribution in [-0.4, -0.2) is 40.4 Å². The highest BCUT2D eigenvalue weighted by Gasteiger charge is 2.28. The van der Waals surface area contributed by atoms with Gasteiger partial charge in [0.1, 0.15) is 5.69 Å². The monoisotopic (exact) mass is 598 g/mol. The van der Waals surface area contributed by atoms with Crippen LogP contribution < -0.4 is 16.0 Å². The number of nitrogens with one attached hydrogen (secondary N) is 1. The van der Waals surface area contributed by atoms with Gasteiger partial charge in [-0.1, -0.05) is 90.5 Å². The molecule has 3 rings (SSSR count). The highest BCUT2D eigenvalue weighted by molar-refractivity contribution is 6.54. The predicted molar refractivity (Wildman–Crippen MR) is 155 cm³/mol. The number of benzene rings is 2. The van der Waals surface area contributed by atoms with E-state index in [9.17, 15) is 9.59 Å². The minimum atomic E-state index is -1.27. The van der Waals surface area contributed by atoms with Crippen LogP contribution in [0.5, 0.6) is 0 Å². The van der Waals surface area contributed by atoms with Crippen LogP contribution in [0.15, 0.2) is 53.1 Å². The zero-order valence-corrected chi connectivity index (χ0v) is 24.4. The average Bonchev–Trinajstić information content (AvgIpc) is 3.35. The van der Waals surface area contributed by atoms with Gasteiger partial charge in [-0.05, 0) is 43.0 Å². The van der Waals surface area contributed by atoms with Crippen LogP contribution in [0.4, 0.5) is 5.69 Å². The number of carbonyl (C=O) groups is 2. The van der Waals surface area contributed by atoms with Crippen molar-refractivity contribution in [1.82, 2.24) is 10.5 Å². The van der Waals surface area contributed by atoms with Crippen molar-refractivity contribution in [1.29, 1.82) is 0 Å². The van der Waals surface area contributed by atoms with E-state index in [1.807, 2.05) is 33.8 Å². The minimum absolute atomic E-state index is 0.00266. The number of rotatable bonds is 10. The van der Waals surface area contributed by atoms with Crippen LogP contribution in [0.3, 0.4) is 0 Å². The van der Waals surface area contributed by atoms with Gasteiger partial charge in [0.25, 0.3) is 5.91 Å². The van der Waals surface area contributed by atoms with E-state index >= 15 is 0 Å². The molecule has 38 heavy (non-hydrogen) atoms. The van der Waals surface area contributed by atoms with E-state index in [-0.39, 0.29) is 30.3 Å². The van der Waals surface area contributed by atoms with Crippen molar-refractivity contribution in [2.45, 2.75) is 44.6 Å². The van der Waals surface area contributed by atoms with Gasteiger partial charge >= 0.3 is 0 Å². The van der Waals surface area contributed by atoms with Crippen LogP contribution >= 0.6 is 46.4 Å². The molecule has 1 heterocycles. The Kier molecular flexibility index (Phi) is 10.5.